The summed E-state index contributed by atoms with van der Waals surface area (Å²) in [5.74, 6) is -1.02. The Hall–Kier alpha value is -2.12. The lowest BCUT2D eigenvalue weighted by molar-refractivity contribution is -0.140. The molecule has 2 N–H and O–H groups in total. The molecular weight excluding hydrogens is 338 g/mol. The number of amides is 1. The van der Waals surface area contributed by atoms with Crippen LogP contribution < -0.4 is 5.32 Å². The Bertz CT molecular complexity index is 573. The van der Waals surface area contributed by atoms with E-state index >= 15 is 0 Å². The molecule has 0 saturated heterocycles. The Labute approximate surface area is 154 Å². The third kappa shape index (κ3) is 7.84. The highest BCUT2D eigenvalue weighted by Gasteiger charge is 2.23. The first kappa shape index (κ1) is 21.9. The Morgan fingerprint density at radius 2 is 1.54 bits per heavy atom. The van der Waals surface area contributed by atoms with Crippen LogP contribution in [-0.2, 0) is 19.0 Å². The van der Waals surface area contributed by atoms with Gasteiger partial charge in [0.05, 0.1) is 12.5 Å². The summed E-state index contributed by atoms with van der Waals surface area (Å²) >= 11 is 0. The van der Waals surface area contributed by atoms with Crippen molar-refractivity contribution in [3.05, 3.63) is 35.4 Å². The standard InChI is InChI=1S/C19H29NO6/c1-6-24-17(25-7-2)14-10-8-13(9-11-14)15(12-16(21)22)20-18(23)26-19(3,4)5/h8-11,15,17H,6-7,12H2,1-5H3,(H,20,23)(H,21,22)/t15-/m1/s1. The van der Waals surface area contributed by atoms with Gasteiger partial charge in [-0.25, -0.2) is 4.79 Å². The molecule has 0 spiro atoms. The van der Waals surface area contributed by atoms with Crippen LogP contribution in [-0.4, -0.2) is 36.0 Å². The Morgan fingerprint density at radius 3 is 1.96 bits per heavy atom. The number of rotatable bonds is 9. The minimum absolute atomic E-state index is 0.251. The van der Waals surface area contributed by atoms with E-state index in [-0.39, 0.29) is 6.42 Å². The van der Waals surface area contributed by atoms with Crippen LogP contribution in [0.2, 0.25) is 0 Å². The number of ether oxygens (including phenoxy) is 3. The third-order valence-electron chi connectivity index (χ3n) is 3.32. The maximum atomic E-state index is 12.0. The fourth-order valence-electron chi connectivity index (χ4n) is 2.31. The number of hydrogen-bond donors (Lipinski definition) is 2. The van der Waals surface area contributed by atoms with E-state index in [0.29, 0.717) is 18.8 Å². The van der Waals surface area contributed by atoms with Crippen LogP contribution in [0.1, 0.15) is 64.5 Å². The zero-order valence-electron chi connectivity index (χ0n) is 16.1. The Kier molecular flexibility index (Phi) is 8.54. The molecule has 146 valence electrons. The van der Waals surface area contributed by atoms with E-state index in [2.05, 4.69) is 5.32 Å². The van der Waals surface area contributed by atoms with Crippen molar-refractivity contribution in [2.45, 2.75) is 59.0 Å². The predicted octanol–water partition coefficient (Wildman–Crippen LogP) is 3.80. The first-order valence-electron chi connectivity index (χ1n) is 8.70. The van der Waals surface area contributed by atoms with E-state index in [1.165, 1.54) is 0 Å². The van der Waals surface area contributed by atoms with Gasteiger partial charge in [0, 0.05) is 18.8 Å². The number of carboxylic acids is 1. The van der Waals surface area contributed by atoms with E-state index in [0.717, 1.165) is 5.56 Å². The first-order valence-corrected chi connectivity index (χ1v) is 8.70. The number of carbonyl (C=O) groups excluding carboxylic acids is 1. The molecule has 1 aromatic carbocycles. The van der Waals surface area contributed by atoms with Crippen LogP contribution in [0.5, 0.6) is 0 Å². The number of aliphatic carboxylic acids is 1. The van der Waals surface area contributed by atoms with Crippen molar-refractivity contribution >= 4 is 12.1 Å². The SMILES string of the molecule is CCOC(OCC)c1ccc([C@@H](CC(=O)O)NC(=O)OC(C)(C)C)cc1. The molecule has 0 fully saturated rings. The average Bonchev–Trinajstić information content (AvgIpc) is 2.52. The monoisotopic (exact) mass is 367 g/mol. The van der Waals surface area contributed by atoms with Crippen molar-refractivity contribution in [3.8, 4) is 0 Å². The van der Waals surface area contributed by atoms with E-state index in [4.69, 9.17) is 19.3 Å². The van der Waals surface area contributed by atoms with Crippen molar-refractivity contribution in [1.29, 1.82) is 0 Å². The van der Waals surface area contributed by atoms with E-state index in [1.54, 1.807) is 45.0 Å². The van der Waals surface area contributed by atoms with Crippen molar-refractivity contribution in [2.24, 2.45) is 0 Å². The van der Waals surface area contributed by atoms with Gasteiger partial charge in [0.2, 0.25) is 0 Å². The second-order valence-corrected chi connectivity index (χ2v) is 6.71. The summed E-state index contributed by atoms with van der Waals surface area (Å²) in [6.45, 7) is 10.0. The summed E-state index contributed by atoms with van der Waals surface area (Å²) in [6, 6.07) is 6.42. The van der Waals surface area contributed by atoms with Gasteiger partial charge in [-0.3, -0.25) is 4.79 Å². The van der Waals surface area contributed by atoms with E-state index in [1.807, 2.05) is 13.8 Å². The molecule has 1 rings (SSSR count). The number of carboxylic acid groups (broad SMARTS) is 1. The highest BCUT2D eigenvalue weighted by atomic mass is 16.7. The molecule has 0 aromatic heterocycles. The largest absolute Gasteiger partial charge is 0.481 e. The molecule has 1 amide bonds. The summed E-state index contributed by atoms with van der Waals surface area (Å²) in [6.07, 6.45) is -1.39. The molecule has 0 unspecified atom stereocenters. The van der Waals surface area contributed by atoms with Crippen molar-refractivity contribution < 1.29 is 28.9 Å². The maximum absolute atomic E-state index is 12.0. The fourth-order valence-corrected chi connectivity index (χ4v) is 2.31. The molecule has 0 aliphatic carbocycles. The Balaban J connectivity index is 2.93. The first-order chi connectivity index (χ1) is 12.2. The van der Waals surface area contributed by atoms with E-state index < -0.39 is 30.0 Å². The summed E-state index contributed by atoms with van der Waals surface area (Å²) in [4.78, 5) is 23.2. The minimum Gasteiger partial charge on any atom is -0.481 e. The van der Waals surface area contributed by atoms with Gasteiger partial charge < -0.3 is 24.6 Å². The minimum atomic E-state index is -1.02. The van der Waals surface area contributed by atoms with Gasteiger partial charge in [-0.15, -0.1) is 0 Å². The Morgan fingerprint density at radius 1 is 1.04 bits per heavy atom. The van der Waals surface area contributed by atoms with Crippen LogP contribution in [0.3, 0.4) is 0 Å². The van der Waals surface area contributed by atoms with E-state index in [9.17, 15) is 9.59 Å². The molecule has 7 nitrogen and oxygen atoms in total. The molecule has 0 bridgehead atoms. The lowest BCUT2D eigenvalue weighted by Gasteiger charge is -2.23. The topological polar surface area (TPSA) is 94.1 Å². The molecule has 1 atom stereocenters. The van der Waals surface area contributed by atoms with Crippen LogP contribution in [0.15, 0.2) is 24.3 Å². The average molecular weight is 367 g/mol. The number of benzene rings is 1. The number of hydrogen-bond acceptors (Lipinski definition) is 5. The van der Waals surface area contributed by atoms with Gasteiger partial charge in [-0.1, -0.05) is 24.3 Å². The number of alkyl carbamates (subject to hydrolysis) is 1. The zero-order valence-corrected chi connectivity index (χ0v) is 16.1. The molecular formula is C19H29NO6. The number of nitrogens with one attached hydrogen (secondary N) is 1. The third-order valence-corrected chi connectivity index (χ3v) is 3.32. The summed E-state index contributed by atoms with van der Waals surface area (Å²) < 4.78 is 16.3. The van der Waals surface area contributed by atoms with Gasteiger partial charge >= 0.3 is 12.1 Å². The predicted molar refractivity (Wildman–Crippen MR) is 96.8 cm³/mol. The normalized spacial score (nSPS) is 12.7. The lowest BCUT2D eigenvalue weighted by Crippen LogP contribution is -2.35. The zero-order chi connectivity index (χ0) is 19.7. The van der Waals surface area contributed by atoms with Crippen LogP contribution in [0, 0.1) is 0 Å². The molecule has 0 heterocycles. The van der Waals surface area contributed by atoms with Crippen molar-refractivity contribution in [2.75, 3.05) is 13.2 Å². The summed E-state index contributed by atoms with van der Waals surface area (Å²) in [5, 5.41) is 11.8. The maximum Gasteiger partial charge on any atom is 0.408 e. The summed E-state index contributed by atoms with van der Waals surface area (Å²) in [5.41, 5.74) is 0.821. The van der Waals surface area contributed by atoms with Gasteiger partial charge in [0.15, 0.2) is 6.29 Å². The van der Waals surface area contributed by atoms with Crippen LogP contribution >= 0.6 is 0 Å². The van der Waals surface area contributed by atoms with Gasteiger partial charge in [0.25, 0.3) is 0 Å². The van der Waals surface area contributed by atoms with Crippen LogP contribution in [0.4, 0.5) is 4.79 Å². The molecule has 1 aromatic rings. The molecule has 0 saturated carbocycles. The van der Waals surface area contributed by atoms with Crippen molar-refractivity contribution in [1.82, 2.24) is 5.32 Å². The van der Waals surface area contributed by atoms with Gasteiger partial charge in [0.1, 0.15) is 5.60 Å². The van der Waals surface area contributed by atoms with Gasteiger partial charge in [-0.2, -0.15) is 0 Å². The molecule has 7 heteroatoms. The highest BCUT2D eigenvalue weighted by Crippen LogP contribution is 2.23. The second kappa shape index (κ2) is 10.1. The van der Waals surface area contributed by atoms with Crippen molar-refractivity contribution in [3.63, 3.8) is 0 Å². The van der Waals surface area contributed by atoms with Gasteiger partial charge in [-0.05, 0) is 40.2 Å². The lowest BCUT2D eigenvalue weighted by atomic mass is 10.0. The smallest absolute Gasteiger partial charge is 0.408 e. The highest BCUT2D eigenvalue weighted by molar-refractivity contribution is 5.72. The molecule has 26 heavy (non-hydrogen) atoms. The quantitative estimate of drug-likeness (QED) is 0.645. The molecule has 0 radical (unpaired) electrons. The van der Waals surface area contributed by atoms with Crippen LogP contribution in [0.25, 0.3) is 0 Å². The fraction of sp³-hybridized carbons (Fsp3) is 0.579. The summed E-state index contributed by atoms with van der Waals surface area (Å²) in [7, 11) is 0. The number of carbonyl (C=O) groups is 2. The molecule has 0 aliphatic heterocycles. The molecule has 0 aliphatic rings. The second-order valence-electron chi connectivity index (χ2n) is 6.71.